The quantitative estimate of drug-likeness (QED) is 0.542. The molecule has 1 N–H and O–H groups in total. The van der Waals surface area contributed by atoms with Gasteiger partial charge in [-0.1, -0.05) is 24.3 Å². The van der Waals surface area contributed by atoms with E-state index in [-0.39, 0.29) is 11.9 Å². The van der Waals surface area contributed by atoms with Crippen molar-refractivity contribution in [3.8, 4) is 17.2 Å². The third-order valence-electron chi connectivity index (χ3n) is 5.78. The molecule has 0 fully saturated rings. The smallest absolute Gasteiger partial charge is 0.255 e. The number of furan rings is 1. The van der Waals surface area contributed by atoms with E-state index < -0.39 is 0 Å². The average molecular weight is 413 g/mol. The monoisotopic (exact) mass is 413 g/mol. The molecule has 0 spiro atoms. The molecule has 156 valence electrons. The summed E-state index contributed by atoms with van der Waals surface area (Å²) in [4.78, 5) is 22.2. The molecule has 0 unspecified atom stereocenters. The number of nitrogens with zero attached hydrogens (tertiary/aromatic N) is 4. The molecule has 0 saturated heterocycles. The van der Waals surface area contributed by atoms with E-state index in [0.717, 1.165) is 36.1 Å². The van der Waals surface area contributed by atoms with Crippen LogP contribution in [0.2, 0.25) is 0 Å². The fourth-order valence-corrected chi connectivity index (χ4v) is 4.07. The second-order valence-corrected chi connectivity index (χ2v) is 7.82. The lowest BCUT2D eigenvalue weighted by atomic mass is 10.0. The highest BCUT2D eigenvalue weighted by Crippen LogP contribution is 2.31. The van der Waals surface area contributed by atoms with E-state index in [1.54, 1.807) is 23.2 Å². The van der Waals surface area contributed by atoms with Crippen LogP contribution in [0, 0.1) is 6.92 Å². The molecule has 1 aliphatic rings. The van der Waals surface area contributed by atoms with Crippen LogP contribution in [0.15, 0.2) is 59.5 Å². The summed E-state index contributed by atoms with van der Waals surface area (Å²) in [5.74, 6) is 0.949. The van der Waals surface area contributed by atoms with E-state index >= 15 is 0 Å². The topological polar surface area (TPSA) is 85.8 Å². The highest BCUT2D eigenvalue weighted by Gasteiger charge is 2.21. The van der Waals surface area contributed by atoms with Gasteiger partial charge in [0.25, 0.3) is 11.9 Å². The van der Waals surface area contributed by atoms with Crippen LogP contribution in [-0.4, -0.2) is 25.7 Å². The molecule has 3 aromatic heterocycles. The van der Waals surface area contributed by atoms with Crippen molar-refractivity contribution in [2.75, 3.05) is 0 Å². The summed E-state index contributed by atoms with van der Waals surface area (Å²) in [7, 11) is 0. The van der Waals surface area contributed by atoms with E-state index in [2.05, 4.69) is 33.6 Å². The van der Waals surface area contributed by atoms with E-state index in [9.17, 15) is 4.79 Å². The van der Waals surface area contributed by atoms with Crippen molar-refractivity contribution in [3.05, 3.63) is 83.2 Å². The van der Waals surface area contributed by atoms with Gasteiger partial charge in [-0.05, 0) is 56.4 Å². The molecule has 0 aliphatic heterocycles. The Morgan fingerprint density at radius 2 is 1.97 bits per heavy atom. The Morgan fingerprint density at radius 1 is 1.13 bits per heavy atom. The van der Waals surface area contributed by atoms with Gasteiger partial charge in [0, 0.05) is 11.8 Å². The number of benzene rings is 1. The van der Waals surface area contributed by atoms with Gasteiger partial charge in [0.15, 0.2) is 0 Å². The SMILES string of the molecule is Cc1c(C(=O)N[C@H](C)c2ccco2)cnn1-c1ncc2c(n1)-c1ccccc1CCC2. The van der Waals surface area contributed by atoms with Gasteiger partial charge in [0.1, 0.15) is 5.76 Å². The predicted molar refractivity (Wildman–Crippen MR) is 116 cm³/mol. The Labute approximate surface area is 180 Å². The van der Waals surface area contributed by atoms with E-state index in [0.29, 0.717) is 23.0 Å². The molecule has 1 atom stereocenters. The summed E-state index contributed by atoms with van der Waals surface area (Å²) in [5.41, 5.74) is 5.71. The van der Waals surface area contributed by atoms with Gasteiger partial charge < -0.3 is 9.73 Å². The third-order valence-corrected chi connectivity index (χ3v) is 5.78. The molecule has 5 rings (SSSR count). The Balaban J connectivity index is 1.47. The summed E-state index contributed by atoms with van der Waals surface area (Å²) in [6.45, 7) is 3.73. The van der Waals surface area contributed by atoms with Crippen LogP contribution in [0.25, 0.3) is 17.2 Å². The number of nitrogens with one attached hydrogen (secondary N) is 1. The van der Waals surface area contributed by atoms with Crippen LogP contribution in [0.5, 0.6) is 0 Å². The zero-order chi connectivity index (χ0) is 21.4. The van der Waals surface area contributed by atoms with Crippen LogP contribution >= 0.6 is 0 Å². The summed E-state index contributed by atoms with van der Waals surface area (Å²) in [6, 6.07) is 11.8. The zero-order valence-electron chi connectivity index (χ0n) is 17.5. The van der Waals surface area contributed by atoms with Gasteiger partial charge in [-0.25, -0.2) is 14.6 Å². The fourth-order valence-electron chi connectivity index (χ4n) is 4.07. The Kier molecular flexibility index (Phi) is 4.86. The van der Waals surface area contributed by atoms with Gasteiger partial charge in [0.2, 0.25) is 0 Å². The highest BCUT2D eigenvalue weighted by molar-refractivity contribution is 5.95. The predicted octanol–water partition coefficient (Wildman–Crippen LogP) is 4.21. The van der Waals surface area contributed by atoms with Gasteiger partial charge in [-0.15, -0.1) is 0 Å². The van der Waals surface area contributed by atoms with Crippen LogP contribution < -0.4 is 5.32 Å². The first-order chi connectivity index (χ1) is 15.1. The van der Waals surface area contributed by atoms with Crippen molar-refractivity contribution >= 4 is 5.91 Å². The highest BCUT2D eigenvalue weighted by atomic mass is 16.3. The zero-order valence-corrected chi connectivity index (χ0v) is 17.5. The maximum absolute atomic E-state index is 12.8. The van der Waals surface area contributed by atoms with Crippen LogP contribution in [0.3, 0.4) is 0 Å². The van der Waals surface area contributed by atoms with Gasteiger partial charge in [0.05, 0.1) is 35.5 Å². The van der Waals surface area contributed by atoms with Crippen molar-refractivity contribution in [2.45, 2.75) is 39.2 Å². The summed E-state index contributed by atoms with van der Waals surface area (Å²) >= 11 is 0. The van der Waals surface area contributed by atoms with Crippen LogP contribution in [0.1, 0.15) is 52.3 Å². The van der Waals surface area contributed by atoms with Gasteiger partial charge in [-0.2, -0.15) is 5.10 Å². The Morgan fingerprint density at radius 3 is 2.81 bits per heavy atom. The van der Waals surface area contributed by atoms with Crippen molar-refractivity contribution in [1.82, 2.24) is 25.1 Å². The number of hydrogen-bond acceptors (Lipinski definition) is 5. The molecule has 3 heterocycles. The lowest BCUT2D eigenvalue weighted by molar-refractivity contribution is 0.0934. The van der Waals surface area contributed by atoms with E-state index in [4.69, 9.17) is 9.40 Å². The molecule has 0 saturated carbocycles. The lowest BCUT2D eigenvalue weighted by Crippen LogP contribution is -2.26. The minimum absolute atomic E-state index is 0.215. The molecule has 1 amide bonds. The summed E-state index contributed by atoms with van der Waals surface area (Å²) in [5, 5.41) is 7.36. The Bertz CT molecular complexity index is 1240. The van der Waals surface area contributed by atoms with Gasteiger partial charge >= 0.3 is 0 Å². The summed E-state index contributed by atoms with van der Waals surface area (Å²) in [6.07, 6.45) is 8.09. The molecule has 0 radical (unpaired) electrons. The number of hydrogen-bond donors (Lipinski definition) is 1. The maximum atomic E-state index is 12.8. The summed E-state index contributed by atoms with van der Waals surface area (Å²) < 4.78 is 7.00. The standard InChI is InChI=1S/C24H23N5O2/c1-15(21-11-6-12-31-21)27-23(30)20-14-26-29(16(20)2)24-25-13-18-9-5-8-17-7-3-4-10-19(17)22(18)28-24/h3-4,6-7,10-15H,5,8-9H2,1-2H3,(H,27,30)/t15-/m1/s1. The van der Waals surface area contributed by atoms with Crippen molar-refractivity contribution in [2.24, 2.45) is 0 Å². The average Bonchev–Trinajstić information content (AvgIpc) is 3.41. The second kappa shape index (κ2) is 7.83. The molecule has 31 heavy (non-hydrogen) atoms. The molecule has 0 bridgehead atoms. The van der Waals surface area contributed by atoms with E-state index in [1.807, 2.05) is 32.2 Å². The number of aromatic nitrogens is 4. The first-order valence-corrected chi connectivity index (χ1v) is 10.5. The van der Waals surface area contributed by atoms with Crippen molar-refractivity contribution in [1.29, 1.82) is 0 Å². The normalized spacial score (nSPS) is 13.7. The molecular formula is C24H23N5O2. The Hall–Kier alpha value is -3.74. The third kappa shape index (κ3) is 3.52. The molecule has 7 nitrogen and oxygen atoms in total. The van der Waals surface area contributed by atoms with Gasteiger partial charge in [-0.3, -0.25) is 4.79 Å². The number of aryl methyl sites for hydroxylation is 2. The largest absolute Gasteiger partial charge is 0.467 e. The number of amides is 1. The number of carbonyl (C=O) groups is 1. The first-order valence-electron chi connectivity index (χ1n) is 10.5. The fraction of sp³-hybridized carbons (Fsp3) is 0.250. The second-order valence-electron chi connectivity index (χ2n) is 7.82. The minimum Gasteiger partial charge on any atom is -0.467 e. The van der Waals surface area contributed by atoms with Crippen LogP contribution in [-0.2, 0) is 12.8 Å². The van der Waals surface area contributed by atoms with Crippen LogP contribution in [0.4, 0.5) is 0 Å². The lowest BCUT2D eigenvalue weighted by Gasteiger charge is -2.12. The van der Waals surface area contributed by atoms with E-state index in [1.165, 1.54) is 5.56 Å². The molecule has 1 aromatic carbocycles. The maximum Gasteiger partial charge on any atom is 0.255 e. The number of rotatable bonds is 4. The number of carbonyl (C=O) groups excluding carboxylic acids is 1. The first kappa shape index (κ1) is 19.2. The van der Waals surface area contributed by atoms with Crippen molar-refractivity contribution < 1.29 is 9.21 Å². The molecular weight excluding hydrogens is 390 g/mol. The minimum atomic E-state index is -0.245. The van der Waals surface area contributed by atoms with Crippen molar-refractivity contribution in [3.63, 3.8) is 0 Å². The molecule has 4 aromatic rings. The molecule has 1 aliphatic carbocycles. The molecule has 7 heteroatoms. The number of fused-ring (bicyclic) bond motifs is 3.